The van der Waals surface area contributed by atoms with Crippen LogP contribution in [0.15, 0.2) is 59.5 Å². The summed E-state index contributed by atoms with van der Waals surface area (Å²) >= 11 is 1.67. The zero-order valence-electron chi connectivity index (χ0n) is 12.8. The third-order valence-electron chi connectivity index (χ3n) is 3.13. The van der Waals surface area contributed by atoms with E-state index in [0.29, 0.717) is 13.2 Å². The van der Waals surface area contributed by atoms with Gasteiger partial charge in [0, 0.05) is 17.6 Å². The first-order valence-electron chi connectivity index (χ1n) is 7.03. The van der Waals surface area contributed by atoms with Crippen molar-refractivity contribution in [3.63, 3.8) is 0 Å². The highest BCUT2D eigenvalue weighted by Gasteiger charge is 2.08. The van der Waals surface area contributed by atoms with Gasteiger partial charge in [0.1, 0.15) is 12.4 Å². The van der Waals surface area contributed by atoms with E-state index in [1.807, 2.05) is 60.9 Å². The number of likely N-dealkylation sites (N-methyl/N-ethyl adjacent to an activating group) is 1. The number of urea groups is 1. The molecule has 2 rings (SSSR count). The number of hydrogen-bond acceptors (Lipinski definition) is 3. The number of nitrogens with zero attached hydrogens (tertiary/aromatic N) is 1. The molecule has 0 spiro atoms. The van der Waals surface area contributed by atoms with Crippen LogP contribution in [0, 0.1) is 0 Å². The van der Waals surface area contributed by atoms with Crippen molar-refractivity contribution in [2.75, 3.05) is 31.8 Å². The first kappa shape index (κ1) is 16.2. The molecule has 22 heavy (non-hydrogen) atoms. The fourth-order valence-corrected chi connectivity index (χ4v) is 2.22. The fourth-order valence-electron chi connectivity index (χ4n) is 1.81. The summed E-state index contributed by atoms with van der Waals surface area (Å²) in [6.45, 7) is 0.975. The van der Waals surface area contributed by atoms with Crippen LogP contribution >= 0.6 is 11.8 Å². The van der Waals surface area contributed by atoms with Gasteiger partial charge >= 0.3 is 6.03 Å². The second kappa shape index (κ2) is 8.34. The van der Waals surface area contributed by atoms with Gasteiger partial charge in [-0.2, -0.15) is 0 Å². The van der Waals surface area contributed by atoms with Crippen molar-refractivity contribution in [2.45, 2.75) is 4.90 Å². The Labute approximate surface area is 135 Å². The molecule has 2 aromatic carbocycles. The van der Waals surface area contributed by atoms with E-state index in [-0.39, 0.29) is 6.03 Å². The largest absolute Gasteiger partial charge is 0.492 e. The van der Waals surface area contributed by atoms with Crippen LogP contribution in [-0.2, 0) is 0 Å². The summed E-state index contributed by atoms with van der Waals surface area (Å²) in [6.07, 6.45) is 2.02. The third-order valence-corrected chi connectivity index (χ3v) is 3.87. The summed E-state index contributed by atoms with van der Waals surface area (Å²) in [5, 5.41) is 2.86. The molecule has 0 saturated carbocycles. The molecule has 0 aliphatic heterocycles. The number of thioether (sulfide) groups is 1. The van der Waals surface area contributed by atoms with Crippen LogP contribution in [0.2, 0.25) is 0 Å². The molecule has 0 bridgehead atoms. The van der Waals surface area contributed by atoms with E-state index in [0.717, 1.165) is 11.4 Å². The Morgan fingerprint density at radius 2 is 1.82 bits per heavy atom. The predicted molar refractivity (Wildman–Crippen MR) is 91.8 cm³/mol. The molecule has 2 amide bonds. The second-order valence-corrected chi connectivity index (χ2v) is 5.62. The molecule has 0 saturated heterocycles. The number of para-hydroxylation sites is 1. The molecule has 0 unspecified atom stereocenters. The lowest BCUT2D eigenvalue weighted by atomic mass is 10.3. The quantitative estimate of drug-likeness (QED) is 0.820. The predicted octanol–water partition coefficient (Wildman–Crippen LogP) is 3.95. The van der Waals surface area contributed by atoms with Crippen LogP contribution in [-0.4, -0.2) is 37.4 Å². The summed E-state index contributed by atoms with van der Waals surface area (Å²) in [5.74, 6) is 0.809. The zero-order valence-corrected chi connectivity index (χ0v) is 13.6. The van der Waals surface area contributed by atoms with Crippen molar-refractivity contribution in [1.29, 1.82) is 0 Å². The van der Waals surface area contributed by atoms with Crippen LogP contribution in [0.3, 0.4) is 0 Å². The number of carbonyl (C=O) groups is 1. The third kappa shape index (κ3) is 5.00. The maximum atomic E-state index is 12.1. The van der Waals surface area contributed by atoms with E-state index in [9.17, 15) is 4.79 Å². The maximum absolute atomic E-state index is 12.1. The lowest BCUT2D eigenvalue weighted by Gasteiger charge is -2.18. The number of amides is 2. The molecule has 5 heteroatoms. The Hall–Kier alpha value is -2.14. The molecule has 0 aliphatic rings. The molecular formula is C17H20N2O2S. The van der Waals surface area contributed by atoms with E-state index in [1.54, 1.807) is 23.7 Å². The number of ether oxygens (including phenoxy) is 1. The molecule has 0 heterocycles. The van der Waals surface area contributed by atoms with Gasteiger partial charge in [-0.3, -0.25) is 0 Å². The van der Waals surface area contributed by atoms with Crippen LogP contribution in [0.4, 0.5) is 10.5 Å². The van der Waals surface area contributed by atoms with Crippen molar-refractivity contribution in [3.8, 4) is 5.75 Å². The Morgan fingerprint density at radius 3 is 2.45 bits per heavy atom. The first-order valence-corrected chi connectivity index (χ1v) is 8.25. The molecule has 4 nitrogen and oxygen atoms in total. The Balaban J connectivity index is 1.76. The van der Waals surface area contributed by atoms with Gasteiger partial charge in [0.2, 0.25) is 0 Å². The average Bonchev–Trinajstić information content (AvgIpc) is 2.56. The topological polar surface area (TPSA) is 41.6 Å². The zero-order chi connectivity index (χ0) is 15.8. The number of anilines is 1. The highest BCUT2D eigenvalue weighted by atomic mass is 32.2. The van der Waals surface area contributed by atoms with Crippen molar-refractivity contribution in [3.05, 3.63) is 54.6 Å². The molecule has 2 aromatic rings. The van der Waals surface area contributed by atoms with Crippen LogP contribution in [0.1, 0.15) is 0 Å². The Bertz CT molecular complexity index is 587. The Kier molecular flexibility index (Phi) is 6.15. The van der Waals surface area contributed by atoms with E-state index in [4.69, 9.17) is 4.74 Å². The van der Waals surface area contributed by atoms with Gasteiger partial charge in [0.05, 0.1) is 6.54 Å². The summed E-state index contributed by atoms with van der Waals surface area (Å²) in [5.41, 5.74) is 0.790. The summed E-state index contributed by atoms with van der Waals surface area (Å²) in [4.78, 5) is 14.8. The summed E-state index contributed by atoms with van der Waals surface area (Å²) in [7, 11) is 1.75. The molecule has 0 aromatic heterocycles. The summed E-state index contributed by atoms with van der Waals surface area (Å²) < 4.78 is 5.58. The van der Waals surface area contributed by atoms with E-state index in [2.05, 4.69) is 5.32 Å². The van der Waals surface area contributed by atoms with Crippen LogP contribution in [0.25, 0.3) is 0 Å². The average molecular weight is 316 g/mol. The SMILES string of the molecule is CSc1ccc(NC(=O)N(C)CCOc2ccccc2)cc1. The van der Waals surface area contributed by atoms with E-state index in [1.165, 1.54) is 4.90 Å². The standard InChI is InChI=1S/C17H20N2O2S/c1-19(12-13-21-15-6-4-3-5-7-15)17(20)18-14-8-10-16(22-2)11-9-14/h3-11H,12-13H2,1-2H3,(H,18,20). The number of rotatable bonds is 6. The van der Waals surface area contributed by atoms with E-state index >= 15 is 0 Å². The highest BCUT2D eigenvalue weighted by molar-refractivity contribution is 7.98. The van der Waals surface area contributed by atoms with Gasteiger partial charge in [0.25, 0.3) is 0 Å². The minimum absolute atomic E-state index is 0.145. The van der Waals surface area contributed by atoms with E-state index < -0.39 is 0 Å². The molecule has 0 fully saturated rings. The van der Waals surface area contributed by atoms with Gasteiger partial charge < -0.3 is 15.0 Å². The fraction of sp³-hybridized carbons (Fsp3) is 0.235. The number of nitrogens with one attached hydrogen (secondary N) is 1. The molecule has 116 valence electrons. The minimum Gasteiger partial charge on any atom is -0.492 e. The molecule has 1 N–H and O–H groups in total. The first-order chi connectivity index (χ1) is 10.7. The monoisotopic (exact) mass is 316 g/mol. The lowest BCUT2D eigenvalue weighted by Crippen LogP contribution is -2.34. The highest BCUT2D eigenvalue weighted by Crippen LogP contribution is 2.17. The van der Waals surface area contributed by atoms with Crippen molar-refractivity contribution in [2.24, 2.45) is 0 Å². The molecule has 0 aliphatic carbocycles. The van der Waals surface area contributed by atoms with Gasteiger partial charge in [-0.15, -0.1) is 11.8 Å². The van der Waals surface area contributed by atoms with Crippen LogP contribution < -0.4 is 10.1 Å². The van der Waals surface area contributed by atoms with Crippen molar-refractivity contribution >= 4 is 23.5 Å². The molecule has 0 radical (unpaired) electrons. The number of carbonyl (C=O) groups excluding carboxylic acids is 1. The van der Waals surface area contributed by atoms with Gasteiger partial charge in [-0.1, -0.05) is 18.2 Å². The smallest absolute Gasteiger partial charge is 0.321 e. The normalized spacial score (nSPS) is 10.1. The lowest BCUT2D eigenvalue weighted by molar-refractivity contribution is 0.207. The summed E-state index contributed by atoms with van der Waals surface area (Å²) in [6, 6.07) is 17.2. The number of hydrogen-bond donors (Lipinski definition) is 1. The minimum atomic E-state index is -0.145. The molecule has 0 atom stereocenters. The Morgan fingerprint density at radius 1 is 1.14 bits per heavy atom. The second-order valence-electron chi connectivity index (χ2n) is 4.74. The number of benzene rings is 2. The molecular weight excluding hydrogens is 296 g/mol. The van der Waals surface area contributed by atoms with Crippen LogP contribution in [0.5, 0.6) is 5.75 Å². The van der Waals surface area contributed by atoms with Crippen molar-refractivity contribution < 1.29 is 9.53 Å². The van der Waals surface area contributed by atoms with Gasteiger partial charge in [0.15, 0.2) is 0 Å². The van der Waals surface area contributed by atoms with Gasteiger partial charge in [-0.05, 0) is 42.7 Å². The van der Waals surface area contributed by atoms with Crippen molar-refractivity contribution in [1.82, 2.24) is 4.90 Å². The maximum Gasteiger partial charge on any atom is 0.321 e. The van der Waals surface area contributed by atoms with Gasteiger partial charge in [-0.25, -0.2) is 4.79 Å².